The number of thiocarbonyl (C=S) groups is 1. The molecule has 0 radical (unpaired) electrons. The Morgan fingerprint density at radius 2 is 2.19 bits per heavy atom. The van der Waals surface area contributed by atoms with Crippen LogP contribution < -0.4 is 15.5 Å². The number of rotatable bonds is 6. The number of nitrogens with one attached hydrogen (secondary N) is 2. The van der Waals surface area contributed by atoms with Gasteiger partial charge in [-0.3, -0.25) is 0 Å². The third-order valence-electron chi connectivity index (χ3n) is 3.15. The van der Waals surface area contributed by atoms with Crippen molar-refractivity contribution in [3.8, 4) is 0 Å². The number of halogens is 1. The van der Waals surface area contributed by atoms with Crippen LogP contribution in [0.2, 0.25) is 5.15 Å². The minimum Gasteiger partial charge on any atom is -0.385 e. The zero-order chi connectivity index (χ0) is 15.1. The molecule has 0 aliphatic carbocycles. The van der Waals surface area contributed by atoms with Crippen molar-refractivity contribution >= 4 is 40.7 Å². The number of methoxy groups -OCH3 is 1. The van der Waals surface area contributed by atoms with Gasteiger partial charge in [-0.2, -0.15) is 4.98 Å². The van der Waals surface area contributed by atoms with Gasteiger partial charge in [0.2, 0.25) is 5.95 Å². The lowest BCUT2D eigenvalue weighted by atomic mass is 10.4. The van der Waals surface area contributed by atoms with Crippen molar-refractivity contribution in [2.45, 2.75) is 19.3 Å². The first-order chi connectivity index (χ1) is 10.2. The van der Waals surface area contributed by atoms with Gasteiger partial charge < -0.3 is 20.3 Å². The van der Waals surface area contributed by atoms with Gasteiger partial charge >= 0.3 is 0 Å². The average Bonchev–Trinajstić information content (AvgIpc) is 2.97. The molecule has 1 saturated heterocycles. The molecule has 1 fully saturated rings. The van der Waals surface area contributed by atoms with Gasteiger partial charge in [0.15, 0.2) is 5.11 Å². The van der Waals surface area contributed by atoms with Crippen LogP contribution in [0.1, 0.15) is 19.3 Å². The van der Waals surface area contributed by atoms with Crippen LogP contribution in [0, 0.1) is 0 Å². The standard InChI is InChI=1S/C13H20ClN5OS/c1-20-8-4-5-15-13(21)18-12-16-10(14)9-11(17-12)19-6-2-3-7-19/h9H,2-8H2,1H3,(H2,15,16,17,18,21). The number of hydrogen-bond acceptors (Lipinski definition) is 5. The predicted octanol–water partition coefficient (Wildman–Crippen LogP) is 2.05. The summed E-state index contributed by atoms with van der Waals surface area (Å²) < 4.78 is 4.98. The Morgan fingerprint density at radius 3 is 2.90 bits per heavy atom. The molecule has 0 spiro atoms. The smallest absolute Gasteiger partial charge is 0.232 e. The molecule has 1 aromatic heterocycles. The largest absolute Gasteiger partial charge is 0.385 e. The lowest BCUT2D eigenvalue weighted by molar-refractivity contribution is 0.196. The maximum absolute atomic E-state index is 6.06. The lowest BCUT2D eigenvalue weighted by Gasteiger charge is -2.17. The maximum atomic E-state index is 6.06. The van der Waals surface area contributed by atoms with Crippen LogP contribution in [0.15, 0.2) is 6.07 Å². The Hall–Kier alpha value is -1.18. The summed E-state index contributed by atoms with van der Waals surface area (Å²) >= 11 is 11.3. The predicted molar refractivity (Wildman–Crippen MR) is 89.2 cm³/mol. The number of hydrogen-bond donors (Lipinski definition) is 2. The highest BCUT2D eigenvalue weighted by Crippen LogP contribution is 2.21. The number of aromatic nitrogens is 2. The Morgan fingerprint density at radius 1 is 1.43 bits per heavy atom. The SMILES string of the molecule is COCCCNC(=S)Nc1nc(Cl)cc(N2CCCC2)n1. The molecule has 0 bridgehead atoms. The van der Waals surface area contributed by atoms with Gasteiger partial charge in [-0.25, -0.2) is 4.98 Å². The van der Waals surface area contributed by atoms with Crippen molar-refractivity contribution in [1.29, 1.82) is 0 Å². The van der Waals surface area contributed by atoms with E-state index in [1.807, 2.05) is 0 Å². The Labute approximate surface area is 135 Å². The van der Waals surface area contributed by atoms with E-state index in [2.05, 4.69) is 25.5 Å². The topological polar surface area (TPSA) is 62.3 Å². The molecular weight excluding hydrogens is 310 g/mol. The van der Waals surface area contributed by atoms with Gasteiger partial charge in [-0.15, -0.1) is 0 Å². The summed E-state index contributed by atoms with van der Waals surface area (Å²) in [6, 6.07) is 1.78. The van der Waals surface area contributed by atoms with Crippen molar-refractivity contribution in [2.24, 2.45) is 0 Å². The van der Waals surface area contributed by atoms with E-state index in [1.54, 1.807) is 13.2 Å². The molecule has 2 N–H and O–H groups in total. The highest BCUT2D eigenvalue weighted by molar-refractivity contribution is 7.80. The van der Waals surface area contributed by atoms with Gasteiger partial charge in [0.1, 0.15) is 11.0 Å². The van der Waals surface area contributed by atoms with Crippen LogP contribution in [0.4, 0.5) is 11.8 Å². The van der Waals surface area contributed by atoms with Crippen molar-refractivity contribution in [3.05, 3.63) is 11.2 Å². The van der Waals surface area contributed by atoms with Crippen LogP contribution in [-0.4, -0.2) is 48.4 Å². The summed E-state index contributed by atoms with van der Waals surface area (Å²) in [5.41, 5.74) is 0. The molecule has 21 heavy (non-hydrogen) atoms. The molecule has 0 aromatic carbocycles. The van der Waals surface area contributed by atoms with Crippen LogP contribution >= 0.6 is 23.8 Å². The molecule has 0 atom stereocenters. The molecule has 116 valence electrons. The molecule has 1 aliphatic heterocycles. The van der Waals surface area contributed by atoms with E-state index >= 15 is 0 Å². The molecule has 2 heterocycles. The second-order valence-corrected chi connectivity index (χ2v) is 5.59. The first kappa shape index (κ1) is 16.2. The van der Waals surface area contributed by atoms with Crippen molar-refractivity contribution in [2.75, 3.05) is 43.6 Å². The fourth-order valence-electron chi connectivity index (χ4n) is 2.13. The highest BCUT2D eigenvalue weighted by atomic mass is 35.5. The molecule has 1 aromatic rings. The number of anilines is 2. The van der Waals surface area contributed by atoms with Gasteiger partial charge in [-0.05, 0) is 31.5 Å². The van der Waals surface area contributed by atoms with Crippen molar-refractivity contribution in [3.63, 3.8) is 0 Å². The van der Waals surface area contributed by atoms with Crippen LogP contribution in [0.25, 0.3) is 0 Å². The molecule has 6 nitrogen and oxygen atoms in total. The van der Waals surface area contributed by atoms with Gasteiger partial charge in [-0.1, -0.05) is 11.6 Å². The van der Waals surface area contributed by atoms with Crippen LogP contribution in [0.3, 0.4) is 0 Å². The number of nitrogens with zero attached hydrogens (tertiary/aromatic N) is 3. The van der Waals surface area contributed by atoms with Crippen LogP contribution in [-0.2, 0) is 4.74 Å². The lowest BCUT2D eigenvalue weighted by Crippen LogP contribution is -2.30. The fraction of sp³-hybridized carbons (Fsp3) is 0.615. The second kappa shape index (κ2) is 8.31. The van der Waals surface area contributed by atoms with E-state index in [0.29, 0.717) is 22.8 Å². The van der Waals surface area contributed by atoms with Gasteiger partial charge in [0.05, 0.1) is 0 Å². The van der Waals surface area contributed by atoms with E-state index in [1.165, 1.54) is 12.8 Å². The van der Waals surface area contributed by atoms with Crippen molar-refractivity contribution in [1.82, 2.24) is 15.3 Å². The highest BCUT2D eigenvalue weighted by Gasteiger charge is 2.15. The average molecular weight is 330 g/mol. The molecule has 2 rings (SSSR count). The monoisotopic (exact) mass is 329 g/mol. The summed E-state index contributed by atoms with van der Waals surface area (Å²) in [6.45, 7) is 3.45. The van der Waals surface area contributed by atoms with E-state index in [-0.39, 0.29) is 0 Å². The quantitative estimate of drug-likeness (QED) is 0.470. The molecule has 0 saturated carbocycles. The Balaban J connectivity index is 1.91. The third-order valence-corrected chi connectivity index (χ3v) is 3.59. The van der Waals surface area contributed by atoms with E-state index in [9.17, 15) is 0 Å². The van der Waals surface area contributed by atoms with Crippen LogP contribution in [0.5, 0.6) is 0 Å². The normalized spacial score (nSPS) is 14.3. The molecule has 0 unspecified atom stereocenters. The minimum atomic E-state index is 0.414. The summed E-state index contributed by atoms with van der Waals surface area (Å²) in [5, 5.41) is 6.95. The summed E-state index contributed by atoms with van der Waals surface area (Å²) in [4.78, 5) is 10.8. The van der Waals surface area contributed by atoms with Crippen molar-refractivity contribution < 1.29 is 4.74 Å². The minimum absolute atomic E-state index is 0.414. The number of ether oxygens (including phenoxy) is 1. The summed E-state index contributed by atoms with van der Waals surface area (Å²) in [5.74, 6) is 1.27. The fourth-order valence-corrected chi connectivity index (χ4v) is 2.51. The second-order valence-electron chi connectivity index (χ2n) is 4.79. The third kappa shape index (κ3) is 5.26. The zero-order valence-corrected chi connectivity index (χ0v) is 13.6. The summed E-state index contributed by atoms with van der Waals surface area (Å²) in [7, 11) is 1.68. The van der Waals surface area contributed by atoms with E-state index in [4.69, 9.17) is 28.6 Å². The van der Waals surface area contributed by atoms with E-state index in [0.717, 1.165) is 31.9 Å². The Bertz CT molecular complexity index is 482. The molecule has 8 heteroatoms. The maximum Gasteiger partial charge on any atom is 0.232 e. The van der Waals surface area contributed by atoms with E-state index < -0.39 is 0 Å². The summed E-state index contributed by atoms with van der Waals surface area (Å²) in [6.07, 6.45) is 3.25. The zero-order valence-electron chi connectivity index (χ0n) is 12.1. The Kier molecular flexibility index (Phi) is 6.41. The van der Waals surface area contributed by atoms with Gasteiger partial charge in [0.25, 0.3) is 0 Å². The molecule has 0 amide bonds. The van der Waals surface area contributed by atoms with Gasteiger partial charge in [0, 0.05) is 39.4 Å². The first-order valence-electron chi connectivity index (χ1n) is 7.02. The molecular formula is C13H20ClN5OS. The molecule has 1 aliphatic rings. The first-order valence-corrected chi connectivity index (χ1v) is 7.81.